The van der Waals surface area contributed by atoms with Crippen molar-refractivity contribution in [1.29, 1.82) is 0 Å². The molecule has 3 rings (SSSR count). The van der Waals surface area contributed by atoms with E-state index in [-0.39, 0.29) is 18.9 Å². The molecule has 0 spiro atoms. The quantitative estimate of drug-likeness (QED) is 0.0199. The number of unbranched alkanes of at least 4 members (excludes halogenated alkanes) is 35. The van der Waals surface area contributed by atoms with Gasteiger partial charge in [0.1, 0.15) is 73.2 Å². The number of carbonyl (C=O) groups is 1. The van der Waals surface area contributed by atoms with Gasteiger partial charge in [0.05, 0.1) is 38.6 Å². The summed E-state index contributed by atoms with van der Waals surface area (Å²) in [6.45, 7) is 1.65. The Bertz CT molecular complexity index is 2050. The minimum absolute atomic E-state index is 0.237. The van der Waals surface area contributed by atoms with Gasteiger partial charge in [0.2, 0.25) is 5.91 Å². The van der Waals surface area contributed by atoms with Crippen LogP contribution in [0.5, 0.6) is 0 Å². The van der Waals surface area contributed by atoms with Crippen molar-refractivity contribution in [1.82, 2.24) is 5.32 Å². The van der Waals surface area contributed by atoms with Crippen LogP contribution in [0.1, 0.15) is 290 Å². The molecule has 3 fully saturated rings. The number of allylic oxidation sites excluding steroid dienone is 11. The van der Waals surface area contributed by atoms with Crippen LogP contribution in [-0.2, 0) is 33.2 Å². The molecule has 0 aromatic carbocycles. The zero-order valence-corrected chi connectivity index (χ0v) is 60.8. The minimum Gasteiger partial charge on any atom is -0.394 e. The van der Waals surface area contributed by atoms with Gasteiger partial charge in [-0.3, -0.25) is 4.79 Å². The lowest BCUT2D eigenvalue weighted by Crippen LogP contribution is -2.66. The van der Waals surface area contributed by atoms with E-state index in [1.165, 1.54) is 173 Å². The largest absolute Gasteiger partial charge is 0.394 e. The van der Waals surface area contributed by atoms with Crippen molar-refractivity contribution in [3.8, 4) is 0 Å². The molecule has 12 N–H and O–H groups in total. The van der Waals surface area contributed by atoms with E-state index < -0.39 is 124 Å². The highest BCUT2D eigenvalue weighted by Crippen LogP contribution is 2.33. The lowest BCUT2D eigenvalue weighted by Gasteiger charge is -2.48. The standard InChI is InChI=1S/C79H141NO18/c1-3-5-7-9-11-13-15-17-19-21-23-25-27-29-31-33-35-37-39-41-43-45-47-49-51-53-55-57-67(85)80-62(63(84)56-54-52-50-48-46-44-42-40-38-36-34-32-30-28-26-24-22-20-18-16-14-12-10-8-6-4-2)61-93-77-73(91)70(88)75(65(59-82)95-77)98-79-74(92)71(89)76(66(60-83)96-79)97-78-72(90)69(87)68(86)64(58-81)94-78/h5,7,11,13,17,19,23,25,29,31,54,56,62-66,68-79,81-84,86-92H,3-4,6,8-10,12,14-16,18,20-22,24,26-28,30,32-53,55,57-61H2,1-2H3,(H,80,85)/b7-5-,13-11-,19-17-,25-23-,31-29-,56-54+. The number of amides is 1. The molecule has 3 aliphatic heterocycles. The van der Waals surface area contributed by atoms with E-state index in [0.29, 0.717) is 6.42 Å². The summed E-state index contributed by atoms with van der Waals surface area (Å²) in [5, 5.41) is 121. The molecule has 98 heavy (non-hydrogen) atoms. The maximum atomic E-state index is 13.5. The molecule has 17 atom stereocenters. The van der Waals surface area contributed by atoms with Gasteiger partial charge >= 0.3 is 0 Å². The van der Waals surface area contributed by atoms with Crippen molar-refractivity contribution >= 4 is 5.91 Å². The van der Waals surface area contributed by atoms with Crippen LogP contribution in [0.25, 0.3) is 0 Å². The van der Waals surface area contributed by atoms with E-state index in [0.717, 1.165) is 89.9 Å². The van der Waals surface area contributed by atoms with E-state index >= 15 is 0 Å². The molecule has 1 amide bonds. The Morgan fingerprint density at radius 1 is 0.378 bits per heavy atom. The van der Waals surface area contributed by atoms with Crippen LogP contribution in [0.2, 0.25) is 0 Å². The van der Waals surface area contributed by atoms with Crippen molar-refractivity contribution in [3.63, 3.8) is 0 Å². The Balaban J connectivity index is 1.40. The summed E-state index contributed by atoms with van der Waals surface area (Å²) < 4.78 is 34.4. The van der Waals surface area contributed by atoms with E-state index in [1.807, 2.05) is 6.08 Å². The summed E-state index contributed by atoms with van der Waals surface area (Å²) >= 11 is 0. The van der Waals surface area contributed by atoms with E-state index in [4.69, 9.17) is 28.4 Å². The molecule has 19 nitrogen and oxygen atoms in total. The molecule has 3 saturated heterocycles. The fourth-order valence-electron chi connectivity index (χ4n) is 13.0. The number of nitrogens with one attached hydrogen (secondary N) is 1. The number of ether oxygens (including phenoxy) is 6. The first-order chi connectivity index (χ1) is 47.8. The van der Waals surface area contributed by atoms with Gasteiger partial charge in [0.25, 0.3) is 0 Å². The smallest absolute Gasteiger partial charge is 0.220 e. The van der Waals surface area contributed by atoms with Crippen LogP contribution in [0, 0.1) is 0 Å². The monoisotopic (exact) mass is 1390 g/mol. The van der Waals surface area contributed by atoms with Crippen LogP contribution >= 0.6 is 0 Å². The maximum Gasteiger partial charge on any atom is 0.220 e. The number of hydrogen-bond acceptors (Lipinski definition) is 18. The highest BCUT2D eigenvalue weighted by Gasteiger charge is 2.53. The molecule has 19 heteroatoms. The van der Waals surface area contributed by atoms with Gasteiger partial charge in [-0.05, 0) is 64.2 Å². The lowest BCUT2D eigenvalue weighted by molar-refractivity contribution is -0.379. The Labute approximate surface area is 591 Å². The zero-order valence-electron chi connectivity index (χ0n) is 60.8. The number of aliphatic hydroxyl groups excluding tert-OH is 11. The van der Waals surface area contributed by atoms with Crippen molar-refractivity contribution < 1.29 is 89.4 Å². The third-order valence-electron chi connectivity index (χ3n) is 19.3. The zero-order chi connectivity index (χ0) is 71.1. The molecule has 17 unspecified atom stereocenters. The second-order valence-electron chi connectivity index (χ2n) is 27.8. The summed E-state index contributed by atoms with van der Waals surface area (Å²) in [5.41, 5.74) is 0. The fourth-order valence-corrected chi connectivity index (χ4v) is 13.0. The van der Waals surface area contributed by atoms with Gasteiger partial charge < -0.3 is 89.9 Å². The maximum absolute atomic E-state index is 13.5. The third-order valence-corrected chi connectivity index (χ3v) is 19.3. The molecule has 570 valence electrons. The Morgan fingerprint density at radius 3 is 1.10 bits per heavy atom. The minimum atomic E-state index is -1.98. The molecule has 0 radical (unpaired) electrons. The van der Waals surface area contributed by atoms with Crippen molar-refractivity contribution in [2.24, 2.45) is 0 Å². The van der Waals surface area contributed by atoms with Crippen LogP contribution in [0.15, 0.2) is 72.9 Å². The average molecular weight is 1390 g/mol. The summed E-state index contributed by atoms with van der Waals surface area (Å²) in [5.74, 6) is -0.278. The Morgan fingerprint density at radius 2 is 0.704 bits per heavy atom. The summed E-state index contributed by atoms with van der Waals surface area (Å²) in [6.07, 6.45) is 50.2. The molecule has 3 heterocycles. The summed E-state index contributed by atoms with van der Waals surface area (Å²) in [7, 11) is 0. The van der Waals surface area contributed by atoms with Crippen molar-refractivity contribution in [2.45, 2.75) is 394 Å². The van der Waals surface area contributed by atoms with Crippen LogP contribution in [0.4, 0.5) is 0 Å². The fraction of sp³-hybridized carbons (Fsp3) is 0.835. The predicted molar refractivity (Wildman–Crippen MR) is 388 cm³/mol. The van der Waals surface area contributed by atoms with Gasteiger partial charge in [0.15, 0.2) is 18.9 Å². The van der Waals surface area contributed by atoms with Gasteiger partial charge in [-0.2, -0.15) is 0 Å². The van der Waals surface area contributed by atoms with E-state index in [9.17, 15) is 61.0 Å². The molecular formula is C79H141NO18. The molecule has 0 aromatic rings. The van der Waals surface area contributed by atoms with Gasteiger partial charge in [-0.15, -0.1) is 0 Å². The first-order valence-electron chi connectivity index (χ1n) is 39.2. The molecule has 0 bridgehead atoms. The van der Waals surface area contributed by atoms with Crippen molar-refractivity contribution in [2.75, 3.05) is 26.4 Å². The van der Waals surface area contributed by atoms with Gasteiger partial charge in [0, 0.05) is 6.42 Å². The number of hydrogen-bond donors (Lipinski definition) is 12. The normalized spacial score (nSPS) is 27.1. The van der Waals surface area contributed by atoms with Crippen LogP contribution in [-0.4, -0.2) is 193 Å². The van der Waals surface area contributed by atoms with E-state index in [2.05, 4.69) is 79.9 Å². The lowest BCUT2D eigenvalue weighted by atomic mass is 9.96. The molecule has 3 aliphatic rings. The SMILES string of the molecule is CC/C=C\C/C=C\C/C=C\C/C=C\C/C=C\CCCCCCCCCCCCCC(=O)NC(COC1OC(CO)C(OC2OC(CO)C(OC3OC(CO)C(O)C(O)C3O)C(O)C2O)C(O)C1O)C(O)/C=C/CCCCCCCCCCCCCCCCCCCCCCCCCC. The number of rotatable bonds is 61. The van der Waals surface area contributed by atoms with E-state index in [1.54, 1.807) is 6.08 Å². The number of carbonyl (C=O) groups excluding carboxylic acids is 1. The Kier molecular flexibility index (Phi) is 54.4. The molecule has 0 saturated carbocycles. The highest BCUT2D eigenvalue weighted by atomic mass is 16.8. The Hall–Kier alpha value is -2.77. The molecule has 0 aromatic heterocycles. The first kappa shape index (κ1) is 89.4. The molecular weight excluding hydrogens is 1250 g/mol. The highest BCUT2D eigenvalue weighted by molar-refractivity contribution is 5.76. The summed E-state index contributed by atoms with van der Waals surface area (Å²) in [6, 6.07) is -0.980. The molecule has 0 aliphatic carbocycles. The predicted octanol–water partition coefficient (Wildman–Crippen LogP) is 12.4. The number of aliphatic hydroxyl groups is 11. The van der Waals surface area contributed by atoms with Crippen LogP contribution in [0.3, 0.4) is 0 Å². The van der Waals surface area contributed by atoms with Crippen LogP contribution < -0.4 is 5.32 Å². The topological polar surface area (TPSA) is 307 Å². The van der Waals surface area contributed by atoms with Gasteiger partial charge in [-0.25, -0.2) is 0 Å². The average Bonchev–Trinajstić information content (AvgIpc) is 0.785. The second-order valence-corrected chi connectivity index (χ2v) is 27.8. The third kappa shape index (κ3) is 39.8. The summed E-state index contributed by atoms with van der Waals surface area (Å²) in [4.78, 5) is 13.5. The van der Waals surface area contributed by atoms with Gasteiger partial charge in [-0.1, -0.05) is 292 Å². The first-order valence-corrected chi connectivity index (χ1v) is 39.2. The van der Waals surface area contributed by atoms with Crippen molar-refractivity contribution in [3.05, 3.63) is 72.9 Å². The second kappa shape index (κ2) is 59.6.